The number of thiocarbonyl (C=S) groups is 1. The number of aromatic nitrogens is 4. The van der Waals surface area contributed by atoms with E-state index in [1.807, 2.05) is 0 Å². The van der Waals surface area contributed by atoms with Crippen LogP contribution >= 0.6 is 12.2 Å². The third-order valence-corrected chi connectivity index (χ3v) is 4.78. The van der Waals surface area contributed by atoms with Gasteiger partial charge in [-0.05, 0) is 6.92 Å². The normalized spacial score (nSPS) is 36.1. The fourth-order valence-electron chi connectivity index (χ4n) is 2.95. The van der Waals surface area contributed by atoms with Gasteiger partial charge < -0.3 is 25.0 Å². The van der Waals surface area contributed by atoms with E-state index in [0.717, 1.165) is 29.5 Å². The minimum Gasteiger partial charge on any atom is -0.394 e. The molecule has 0 aliphatic carbocycles. The Morgan fingerprint density at radius 3 is 2.79 bits per heavy atom. The first-order chi connectivity index (χ1) is 11.3. The number of carbonyl (C=O) groups excluding carboxylic acids is 1. The standard InChI is InChI=1S/C13H14N4O6S/c1-11(21)7(2-18)23-13(4-24,12(11,22)3-19)17-6-16-8-9(17)14-5-15-10(8)20/h3-7,18,21-22H,2H2,1H3,(H,14,15,20)/t7-,11-,12-,13-/m1/s1. The lowest BCUT2D eigenvalue weighted by molar-refractivity contribution is -0.170. The number of H-pyrrole nitrogens is 1. The molecule has 0 saturated carbocycles. The monoisotopic (exact) mass is 354 g/mol. The van der Waals surface area contributed by atoms with E-state index in [-0.39, 0.29) is 17.5 Å². The molecule has 1 aliphatic heterocycles. The summed E-state index contributed by atoms with van der Waals surface area (Å²) in [5.41, 5.74) is -7.47. The third kappa shape index (κ3) is 1.75. The Morgan fingerprint density at radius 1 is 1.50 bits per heavy atom. The van der Waals surface area contributed by atoms with E-state index in [4.69, 9.17) is 17.0 Å². The summed E-state index contributed by atoms with van der Waals surface area (Å²) in [6.07, 6.45) is 0.979. The zero-order valence-electron chi connectivity index (χ0n) is 12.4. The Morgan fingerprint density at radius 2 is 2.21 bits per heavy atom. The molecule has 0 spiro atoms. The van der Waals surface area contributed by atoms with E-state index in [1.165, 1.54) is 0 Å². The highest BCUT2D eigenvalue weighted by Crippen LogP contribution is 2.48. The highest BCUT2D eigenvalue weighted by atomic mass is 32.1. The highest BCUT2D eigenvalue weighted by molar-refractivity contribution is 7.79. The van der Waals surface area contributed by atoms with Gasteiger partial charge in [0.05, 0.1) is 12.9 Å². The Labute approximate surface area is 139 Å². The van der Waals surface area contributed by atoms with Crippen molar-refractivity contribution < 1.29 is 24.9 Å². The van der Waals surface area contributed by atoms with Crippen molar-refractivity contribution >= 4 is 35.0 Å². The second kappa shape index (κ2) is 5.22. The summed E-state index contributed by atoms with van der Waals surface area (Å²) < 4.78 is 6.68. The van der Waals surface area contributed by atoms with Crippen LogP contribution in [0.15, 0.2) is 17.4 Å². The van der Waals surface area contributed by atoms with Crippen molar-refractivity contribution in [2.45, 2.75) is 30.0 Å². The van der Waals surface area contributed by atoms with E-state index in [9.17, 15) is 24.9 Å². The van der Waals surface area contributed by atoms with Gasteiger partial charge in [0, 0.05) is 5.37 Å². The molecule has 2 aromatic rings. The summed E-state index contributed by atoms with van der Waals surface area (Å²) >= 11 is 4.96. The largest absolute Gasteiger partial charge is 0.394 e. The van der Waals surface area contributed by atoms with Gasteiger partial charge in [-0.3, -0.25) is 14.2 Å². The number of carbonyl (C=O) groups is 1. The predicted molar refractivity (Wildman–Crippen MR) is 83.4 cm³/mol. The lowest BCUT2D eigenvalue weighted by atomic mass is 9.78. The molecule has 1 fully saturated rings. The number of nitrogens with one attached hydrogen (secondary N) is 1. The van der Waals surface area contributed by atoms with Crippen LogP contribution in [-0.4, -0.2) is 70.4 Å². The molecule has 3 heterocycles. The maximum Gasteiger partial charge on any atom is 0.278 e. The van der Waals surface area contributed by atoms with E-state index < -0.39 is 35.2 Å². The van der Waals surface area contributed by atoms with Crippen LogP contribution in [0.2, 0.25) is 0 Å². The van der Waals surface area contributed by atoms with Gasteiger partial charge in [-0.15, -0.1) is 0 Å². The smallest absolute Gasteiger partial charge is 0.278 e. The van der Waals surface area contributed by atoms with Gasteiger partial charge in [0.15, 0.2) is 17.5 Å². The number of rotatable bonds is 4. The highest BCUT2D eigenvalue weighted by Gasteiger charge is 2.72. The molecule has 4 N–H and O–H groups in total. The summed E-state index contributed by atoms with van der Waals surface area (Å²) in [5.74, 6) is 0. The second-order valence-electron chi connectivity index (χ2n) is 5.65. The average molecular weight is 354 g/mol. The molecule has 0 unspecified atom stereocenters. The van der Waals surface area contributed by atoms with Gasteiger partial charge in [-0.2, -0.15) is 0 Å². The molecule has 128 valence electrons. The summed E-state index contributed by atoms with van der Waals surface area (Å²) in [6, 6.07) is 0. The average Bonchev–Trinajstić information content (AvgIpc) is 3.07. The van der Waals surface area contributed by atoms with Crippen LogP contribution in [0.25, 0.3) is 11.2 Å². The van der Waals surface area contributed by atoms with Gasteiger partial charge in [-0.1, -0.05) is 12.2 Å². The Kier molecular flexibility index (Phi) is 3.66. The summed E-state index contributed by atoms with van der Waals surface area (Å²) in [4.78, 5) is 33.7. The number of aliphatic hydroxyl groups is 3. The first kappa shape index (κ1) is 16.8. The van der Waals surface area contributed by atoms with Crippen LogP contribution in [0.4, 0.5) is 0 Å². The van der Waals surface area contributed by atoms with Gasteiger partial charge >= 0.3 is 0 Å². The Bertz CT molecular complexity index is 879. The van der Waals surface area contributed by atoms with E-state index in [1.54, 1.807) is 0 Å². The van der Waals surface area contributed by atoms with Crippen molar-refractivity contribution in [3.63, 3.8) is 0 Å². The fraction of sp³-hybridized carbons (Fsp3) is 0.462. The summed E-state index contributed by atoms with van der Waals surface area (Å²) in [6.45, 7) is 0.455. The van der Waals surface area contributed by atoms with Crippen molar-refractivity contribution in [2.24, 2.45) is 0 Å². The number of aliphatic hydroxyl groups excluding tert-OH is 1. The van der Waals surface area contributed by atoms with E-state index in [2.05, 4.69) is 15.0 Å². The van der Waals surface area contributed by atoms with Crippen molar-refractivity contribution in [3.05, 3.63) is 23.0 Å². The molecule has 0 aromatic carbocycles. The number of fused-ring (bicyclic) bond motifs is 1. The number of aldehydes is 1. The van der Waals surface area contributed by atoms with Gasteiger partial charge in [0.25, 0.3) is 5.56 Å². The molecule has 1 aliphatic rings. The maximum absolute atomic E-state index is 11.8. The molecule has 3 rings (SSSR count). The number of hydrogen-bond donors (Lipinski definition) is 4. The van der Waals surface area contributed by atoms with Crippen molar-refractivity contribution in [1.29, 1.82) is 0 Å². The van der Waals surface area contributed by atoms with Crippen LogP contribution in [0.5, 0.6) is 0 Å². The maximum atomic E-state index is 11.8. The van der Waals surface area contributed by atoms with Gasteiger partial charge in [0.1, 0.15) is 18.0 Å². The quantitative estimate of drug-likeness (QED) is 0.356. The minimum absolute atomic E-state index is 0.0190. The van der Waals surface area contributed by atoms with Crippen LogP contribution in [0, 0.1) is 0 Å². The molecule has 2 aromatic heterocycles. The second-order valence-corrected chi connectivity index (χ2v) is 5.89. The molecular weight excluding hydrogens is 340 g/mol. The lowest BCUT2D eigenvalue weighted by Crippen LogP contribution is -2.65. The SMILES string of the molecule is C[C@@]1(O)[C@@H](CO)O[C@@](C=S)(n2cnc3c(=O)[nH]cnc32)[C@@]1(O)C=O. The molecule has 0 amide bonds. The zero-order chi connectivity index (χ0) is 17.8. The number of nitrogens with zero attached hydrogens (tertiary/aromatic N) is 3. The van der Waals surface area contributed by atoms with Crippen molar-refractivity contribution in [3.8, 4) is 0 Å². The molecule has 10 nitrogen and oxygen atoms in total. The van der Waals surface area contributed by atoms with Gasteiger partial charge in [-0.25, -0.2) is 9.97 Å². The molecular formula is C13H14N4O6S. The van der Waals surface area contributed by atoms with E-state index >= 15 is 0 Å². The molecule has 24 heavy (non-hydrogen) atoms. The first-order valence-corrected chi connectivity index (χ1v) is 7.33. The Balaban J connectivity index is 2.36. The summed E-state index contributed by atoms with van der Waals surface area (Å²) in [5, 5.41) is 31.9. The van der Waals surface area contributed by atoms with Gasteiger partial charge in [0.2, 0.25) is 11.3 Å². The molecule has 0 radical (unpaired) electrons. The number of ether oxygens (including phenoxy) is 1. The molecule has 11 heteroatoms. The Hall–Kier alpha value is -2.05. The number of imidazole rings is 1. The van der Waals surface area contributed by atoms with Crippen LogP contribution < -0.4 is 5.56 Å². The number of hydrogen-bond acceptors (Lipinski definition) is 9. The number of aromatic amines is 1. The van der Waals surface area contributed by atoms with Crippen LogP contribution in [0.1, 0.15) is 6.92 Å². The first-order valence-electron chi connectivity index (χ1n) is 6.86. The van der Waals surface area contributed by atoms with Crippen molar-refractivity contribution in [1.82, 2.24) is 19.5 Å². The van der Waals surface area contributed by atoms with Crippen molar-refractivity contribution in [2.75, 3.05) is 6.61 Å². The topological polar surface area (TPSA) is 151 Å². The zero-order valence-corrected chi connectivity index (χ0v) is 13.2. The lowest BCUT2D eigenvalue weighted by Gasteiger charge is -2.39. The molecule has 4 atom stereocenters. The summed E-state index contributed by atoms with van der Waals surface area (Å²) in [7, 11) is 0. The fourth-order valence-corrected chi connectivity index (χ4v) is 3.30. The minimum atomic E-state index is -2.56. The molecule has 0 bridgehead atoms. The van der Waals surface area contributed by atoms with Crippen LogP contribution in [0.3, 0.4) is 0 Å². The third-order valence-electron chi connectivity index (χ3n) is 4.46. The van der Waals surface area contributed by atoms with Crippen LogP contribution in [-0.2, 0) is 15.3 Å². The van der Waals surface area contributed by atoms with E-state index in [0.29, 0.717) is 0 Å². The predicted octanol–water partition coefficient (Wildman–Crippen LogP) is -2.16. The molecule has 1 saturated heterocycles.